The molecule has 0 N–H and O–H groups in total. The van der Waals surface area contributed by atoms with Gasteiger partial charge < -0.3 is 9.64 Å². The number of carbonyl (C=O) groups is 3. The molecule has 2 heterocycles. The number of thiophene rings is 1. The maximum absolute atomic E-state index is 12.4. The Morgan fingerprint density at radius 3 is 2.62 bits per heavy atom. The van der Waals surface area contributed by atoms with Crippen LogP contribution in [0.5, 0.6) is 0 Å². The van der Waals surface area contributed by atoms with Gasteiger partial charge in [0.05, 0.1) is 12.5 Å². The third-order valence-electron chi connectivity index (χ3n) is 4.45. The molecule has 1 atom stereocenters. The molecule has 3 rings (SSSR count). The average Bonchev–Trinajstić information content (AvgIpc) is 3.35. The molecule has 26 heavy (non-hydrogen) atoms. The van der Waals surface area contributed by atoms with Crippen LogP contribution >= 0.6 is 11.3 Å². The largest absolute Gasteiger partial charge is 0.456 e. The van der Waals surface area contributed by atoms with Crippen molar-refractivity contribution < 1.29 is 19.1 Å². The summed E-state index contributed by atoms with van der Waals surface area (Å²) in [6.45, 7) is 0.422. The summed E-state index contributed by atoms with van der Waals surface area (Å²) in [5, 5.41) is 2.00. The highest BCUT2D eigenvalue weighted by molar-refractivity contribution is 7.10. The van der Waals surface area contributed by atoms with Gasteiger partial charge in [-0.1, -0.05) is 36.4 Å². The number of carbonyl (C=O) groups excluding carboxylic acids is 3. The number of ketones is 1. The summed E-state index contributed by atoms with van der Waals surface area (Å²) in [6.07, 6.45) is 1.95. The molecule has 1 amide bonds. The second kappa shape index (κ2) is 8.76. The fourth-order valence-corrected chi connectivity index (χ4v) is 4.00. The van der Waals surface area contributed by atoms with Crippen molar-refractivity contribution in [2.24, 2.45) is 0 Å². The first-order valence-corrected chi connectivity index (χ1v) is 9.60. The first-order chi connectivity index (χ1) is 12.6. The van der Waals surface area contributed by atoms with Gasteiger partial charge in [0, 0.05) is 23.4 Å². The number of rotatable bonds is 7. The lowest BCUT2D eigenvalue weighted by molar-refractivity contribution is -0.152. The molecule has 0 bridgehead atoms. The van der Waals surface area contributed by atoms with E-state index in [1.54, 1.807) is 40.5 Å². The molecule has 1 unspecified atom stereocenters. The van der Waals surface area contributed by atoms with Gasteiger partial charge in [0.1, 0.15) is 0 Å². The second-order valence-corrected chi connectivity index (χ2v) is 7.19. The maximum atomic E-state index is 12.4. The highest BCUT2D eigenvalue weighted by atomic mass is 32.1. The molecule has 2 aromatic rings. The van der Waals surface area contributed by atoms with Crippen LogP contribution in [0.3, 0.4) is 0 Å². The van der Waals surface area contributed by atoms with E-state index in [1.165, 1.54) is 0 Å². The lowest BCUT2D eigenvalue weighted by atomic mass is 10.1. The van der Waals surface area contributed by atoms with Crippen LogP contribution in [0.15, 0.2) is 47.8 Å². The van der Waals surface area contributed by atoms with E-state index in [-0.39, 0.29) is 37.2 Å². The zero-order chi connectivity index (χ0) is 18.4. The van der Waals surface area contributed by atoms with E-state index >= 15 is 0 Å². The van der Waals surface area contributed by atoms with Crippen LogP contribution in [0, 0.1) is 0 Å². The summed E-state index contributed by atoms with van der Waals surface area (Å²) in [5.74, 6) is -0.802. The van der Waals surface area contributed by atoms with Gasteiger partial charge in [0.15, 0.2) is 12.4 Å². The van der Waals surface area contributed by atoms with E-state index in [2.05, 4.69) is 0 Å². The van der Waals surface area contributed by atoms with E-state index in [9.17, 15) is 14.4 Å². The van der Waals surface area contributed by atoms with E-state index in [0.717, 1.165) is 17.7 Å². The van der Waals surface area contributed by atoms with Gasteiger partial charge >= 0.3 is 5.97 Å². The van der Waals surface area contributed by atoms with Crippen LogP contribution in [0.4, 0.5) is 0 Å². The van der Waals surface area contributed by atoms with E-state index in [4.69, 9.17) is 4.74 Å². The predicted octanol–water partition coefficient (Wildman–Crippen LogP) is 3.62. The topological polar surface area (TPSA) is 63.7 Å². The number of amides is 1. The molecule has 1 aliphatic rings. The number of esters is 1. The maximum Gasteiger partial charge on any atom is 0.306 e. The Balaban J connectivity index is 1.44. The molecule has 1 aliphatic heterocycles. The standard InChI is InChI=1S/C20H21NO4S/c22-17(15-6-2-1-3-7-15)10-11-20(24)25-14-19(23)21-12-4-8-16(21)18-9-5-13-26-18/h1-3,5-7,9,13,16H,4,8,10-12,14H2. The second-order valence-electron chi connectivity index (χ2n) is 6.21. The highest BCUT2D eigenvalue weighted by Gasteiger charge is 2.30. The van der Waals surface area contributed by atoms with Crippen molar-refractivity contribution in [3.8, 4) is 0 Å². The van der Waals surface area contributed by atoms with Crippen LogP contribution in [0.1, 0.15) is 47.0 Å². The molecular formula is C20H21NO4S. The van der Waals surface area contributed by atoms with Crippen LogP contribution in [0.25, 0.3) is 0 Å². The first-order valence-electron chi connectivity index (χ1n) is 8.72. The van der Waals surface area contributed by atoms with Gasteiger partial charge in [-0.25, -0.2) is 0 Å². The minimum atomic E-state index is -0.519. The van der Waals surface area contributed by atoms with E-state index < -0.39 is 5.97 Å². The number of nitrogens with zero attached hydrogens (tertiary/aromatic N) is 1. The molecule has 0 saturated carbocycles. The van der Waals surface area contributed by atoms with Crippen molar-refractivity contribution in [1.82, 2.24) is 4.90 Å². The molecule has 1 fully saturated rings. The fourth-order valence-electron chi connectivity index (χ4n) is 3.12. The van der Waals surface area contributed by atoms with Crippen molar-refractivity contribution in [1.29, 1.82) is 0 Å². The van der Waals surface area contributed by atoms with Crippen LogP contribution in [-0.2, 0) is 14.3 Å². The summed E-state index contributed by atoms with van der Waals surface area (Å²) in [4.78, 5) is 39.2. The Morgan fingerprint density at radius 2 is 1.88 bits per heavy atom. The van der Waals surface area contributed by atoms with Gasteiger partial charge in [-0.3, -0.25) is 14.4 Å². The smallest absolute Gasteiger partial charge is 0.306 e. The number of benzene rings is 1. The summed E-state index contributed by atoms with van der Waals surface area (Å²) in [5.41, 5.74) is 0.576. The highest BCUT2D eigenvalue weighted by Crippen LogP contribution is 2.34. The Bertz CT molecular complexity index is 757. The van der Waals surface area contributed by atoms with Crippen molar-refractivity contribution in [3.63, 3.8) is 0 Å². The third-order valence-corrected chi connectivity index (χ3v) is 5.43. The number of hydrogen-bond donors (Lipinski definition) is 0. The summed E-state index contributed by atoms with van der Waals surface area (Å²) in [6, 6.07) is 12.9. The Kier molecular flexibility index (Phi) is 6.17. The molecular weight excluding hydrogens is 350 g/mol. The molecule has 0 spiro atoms. The average molecular weight is 371 g/mol. The first kappa shape index (κ1) is 18.3. The van der Waals surface area contributed by atoms with Gasteiger partial charge in [-0.15, -0.1) is 11.3 Å². The number of ether oxygens (including phenoxy) is 1. The van der Waals surface area contributed by atoms with Gasteiger partial charge in [-0.05, 0) is 24.3 Å². The minimum absolute atomic E-state index is 0.0185. The van der Waals surface area contributed by atoms with Gasteiger partial charge in [-0.2, -0.15) is 0 Å². The lowest BCUT2D eigenvalue weighted by Crippen LogP contribution is -2.34. The molecule has 136 valence electrons. The quantitative estimate of drug-likeness (QED) is 0.551. The minimum Gasteiger partial charge on any atom is -0.456 e. The van der Waals surface area contributed by atoms with Crippen LogP contribution in [0.2, 0.25) is 0 Å². The molecule has 0 aliphatic carbocycles. The van der Waals surface area contributed by atoms with Crippen molar-refractivity contribution in [2.45, 2.75) is 31.7 Å². The Hall–Kier alpha value is -2.47. The summed E-state index contributed by atoms with van der Waals surface area (Å²) >= 11 is 1.64. The lowest BCUT2D eigenvalue weighted by Gasteiger charge is -2.23. The van der Waals surface area contributed by atoms with E-state index in [0.29, 0.717) is 12.1 Å². The van der Waals surface area contributed by atoms with Crippen molar-refractivity contribution in [3.05, 3.63) is 58.3 Å². The van der Waals surface area contributed by atoms with Gasteiger partial charge in [0.2, 0.25) is 0 Å². The molecule has 0 radical (unpaired) electrons. The Labute approximate surface area is 156 Å². The van der Waals surface area contributed by atoms with Crippen LogP contribution < -0.4 is 0 Å². The molecule has 1 aromatic heterocycles. The molecule has 1 aromatic carbocycles. The van der Waals surface area contributed by atoms with Gasteiger partial charge in [0.25, 0.3) is 5.91 Å². The predicted molar refractivity (Wildman–Crippen MR) is 99.0 cm³/mol. The SMILES string of the molecule is O=C(CCC(=O)c1ccccc1)OCC(=O)N1CCCC1c1cccs1. The monoisotopic (exact) mass is 371 g/mol. The normalized spacial score (nSPS) is 16.5. The number of Topliss-reactive ketones (excluding diaryl/α,β-unsaturated/α-hetero) is 1. The molecule has 5 nitrogen and oxygen atoms in total. The third kappa shape index (κ3) is 4.58. The van der Waals surface area contributed by atoms with Crippen molar-refractivity contribution >= 4 is 29.0 Å². The zero-order valence-electron chi connectivity index (χ0n) is 14.4. The van der Waals surface area contributed by atoms with E-state index in [1.807, 2.05) is 23.6 Å². The summed E-state index contributed by atoms with van der Waals surface area (Å²) < 4.78 is 5.09. The number of hydrogen-bond acceptors (Lipinski definition) is 5. The summed E-state index contributed by atoms with van der Waals surface area (Å²) in [7, 11) is 0. The number of likely N-dealkylation sites (tertiary alicyclic amines) is 1. The zero-order valence-corrected chi connectivity index (χ0v) is 15.2. The molecule has 1 saturated heterocycles. The van der Waals surface area contributed by atoms with Crippen molar-refractivity contribution in [2.75, 3.05) is 13.2 Å². The fraction of sp³-hybridized carbons (Fsp3) is 0.350. The molecule has 6 heteroatoms. The van der Waals surface area contributed by atoms with Crippen LogP contribution in [-0.4, -0.2) is 35.7 Å². The Morgan fingerprint density at radius 1 is 1.08 bits per heavy atom.